The van der Waals surface area contributed by atoms with Crippen LogP contribution in [0.4, 0.5) is 4.39 Å². The van der Waals surface area contributed by atoms with Crippen LogP contribution in [0.2, 0.25) is 0 Å². The van der Waals surface area contributed by atoms with E-state index < -0.39 is 5.82 Å². The van der Waals surface area contributed by atoms with Crippen molar-refractivity contribution in [1.82, 2.24) is 4.98 Å². The molecule has 1 rings (SSSR count). The van der Waals surface area contributed by atoms with Crippen molar-refractivity contribution in [3.63, 3.8) is 0 Å². The maximum absolute atomic E-state index is 12.4. The minimum atomic E-state index is -0.414. The molecule has 0 aliphatic heterocycles. The van der Waals surface area contributed by atoms with Gasteiger partial charge in [-0.1, -0.05) is 0 Å². The number of nitrogens with one attached hydrogen (secondary N) is 1. The molecule has 1 aromatic rings. The Morgan fingerprint density at radius 3 is 2.83 bits per heavy atom. The topological polar surface area (TPSA) is 62.8 Å². The van der Waals surface area contributed by atoms with Gasteiger partial charge in [-0.3, -0.25) is 10.4 Å². The molecule has 0 spiro atoms. The van der Waals surface area contributed by atoms with Crippen LogP contribution in [0.25, 0.3) is 0 Å². The lowest BCUT2D eigenvalue weighted by Crippen LogP contribution is -1.99. The summed E-state index contributed by atoms with van der Waals surface area (Å²) in [5, 5.41) is 7.35. The summed E-state index contributed by atoms with van der Waals surface area (Å²) < 4.78 is 12.4. The maximum atomic E-state index is 12.4. The summed E-state index contributed by atoms with van der Waals surface area (Å²) in [4.78, 5) is 3.69. The van der Waals surface area contributed by atoms with Crippen molar-refractivity contribution in [1.29, 1.82) is 5.41 Å². The predicted molar refractivity (Wildman–Crippen MR) is 44.4 cm³/mol. The summed E-state index contributed by atoms with van der Waals surface area (Å²) in [5.41, 5.74) is 5.64. The molecule has 1 aromatic heterocycles. The monoisotopic (exact) mass is 165 g/mol. The number of aromatic nitrogens is 1. The van der Waals surface area contributed by atoms with Gasteiger partial charge in [0.1, 0.15) is 5.82 Å². The fourth-order valence-electron chi connectivity index (χ4n) is 0.717. The fraction of sp³-hybridized carbons (Fsp3) is 0. The van der Waals surface area contributed by atoms with E-state index in [0.717, 1.165) is 6.20 Å². The highest BCUT2D eigenvalue weighted by atomic mass is 19.1. The van der Waals surface area contributed by atoms with E-state index in [9.17, 15) is 4.39 Å². The molecule has 0 aliphatic rings. The number of halogens is 1. The number of hydrogen-bond acceptors (Lipinski definition) is 3. The minimum absolute atomic E-state index is 0.164. The predicted octanol–water partition coefficient (Wildman–Crippen LogP) is 1.06. The summed E-state index contributed by atoms with van der Waals surface area (Å²) in [6.45, 7) is 0. The van der Waals surface area contributed by atoms with Crippen molar-refractivity contribution >= 4 is 5.71 Å². The Bertz CT molecular complexity index is 303. The van der Waals surface area contributed by atoms with Crippen LogP contribution >= 0.6 is 0 Å². The lowest BCUT2D eigenvalue weighted by Gasteiger charge is -1.95. The molecule has 3 nitrogen and oxygen atoms in total. The summed E-state index contributed by atoms with van der Waals surface area (Å²) in [7, 11) is 0. The van der Waals surface area contributed by atoms with Crippen molar-refractivity contribution in [3.05, 3.63) is 42.1 Å². The second-order valence-corrected chi connectivity index (χ2v) is 2.13. The van der Waals surface area contributed by atoms with Crippen LogP contribution in [-0.4, -0.2) is 10.7 Å². The van der Waals surface area contributed by atoms with Gasteiger partial charge in [0.15, 0.2) is 0 Å². The first kappa shape index (κ1) is 8.39. The molecule has 0 fully saturated rings. The first-order chi connectivity index (χ1) is 5.74. The number of pyridine rings is 1. The van der Waals surface area contributed by atoms with Crippen LogP contribution in [0.3, 0.4) is 0 Å². The molecule has 1 heterocycles. The van der Waals surface area contributed by atoms with Crippen molar-refractivity contribution in [3.8, 4) is 0 Å². The van der Waals surface area contributed by atoms with Gasteiger partial charge in [-0.2, -0.15) is 0 Å². The van der Waals surface area contributed by atoms with E-state index in [2.05, 4.69) is 4.98 Å². The Balaban J connectivity index is 2.90. The van der Waals surface area contributed by atoms with Crippen LogP contribution < -0.4 is 5.73 Å². The van der Waals surface area contributed by atoms with Crippen molar-refractivity contribution < 1.29 is 4.39 Å². The molecule has 3 N–H and O–H groups in total. The molecule has 4 heteroatoms. The Labute approximate surface area is 69.2 Å². The summed E-state index contributed by atoms with van der Waals surface area (Å²) >= 11 is 0. The number of rotatable bonds is 2. The van der Waals surface area contributed by atoms with E-state index in [0.29, 0.717) is 5.69 Å². The third-order valence-electron chi connectivity index (χ3n) is 1.27. The van der Waals surface area contributed by atoms with Gasteiger partial charge in [-0.15, -0.1) is 0 Å². The van der Waals surface area contributed by atoms with Crippen LogP contribution in [-0.2, 0) is 0 Å². The Hall–Kier alpha value is -1.71. The first-order valence-electron chi connectivity index (χ1n) is 3.33. The van der Waals surface area contributed by atoms with Crippen molar-refractivity contribution in [2.24, 2.45) is 5.73 Å². The quantitative estimate of drug-likeness (QED) is 0.643. The van der Waals surface area contributed by atoms with Gasteiger partial charge >= 0.3 is 0 Å². The van der Waals surface area contributed by atoms with Gasteiger partial charge < -0.3 is 5.73 Å². The van der Waals surface area contributed by atoms with E-state index in [-0.39, 0.29) is 5.71 Å². The largest absolute Gasteiger partial charge is 0.405 e. The van der Waals surface area contributed by atoms with Gasteiger partial charge in [-0.25, -0.2) is 4.39 Å². The van der Waals surface area contributed by atoms with Gasteiger partial charge in [0.2, 0.25) is 0 Å². The zero-order valence-corrected chi connectivity index (χ0v) is 6.29. The molecule has 0 aromatic carbocycles. The van der Waals surface area contributed by atoms with Crippen LogP contribution in [0.5, 0.6) is 0 Å². The molecule has 0 atom stereocenters. The van der Waals surface area contributed by atoms with E-state index in [4.69, 9.17) is 11.1 Å². The highest BCUT2D eigenvalue weighted by Crippen LogP contribution is 1.99. The van der Waals surface area contributed by atoms with Gasteiger partial charge in [0.25, 0.3) is 0 Å². The Kier molecular flexibility index (Phi) is 2.53. The molecule has 0 unspecified atom stereocenters. The molecule has 0 aliphatic carbocycles. The van der Waals surface area contributed by atoms with Crippen molar-refractivity contribution in [2.45, 2.75) is 0 Å². The van der Waals surface area contributed by atoms with E-state index >= 15 is 0 Å². The number of allylic oxidation sites excluding steroid dienone is 1. The van der Waals surface area contributed by atoms with E-state index in [1.165, 1.54) is 24.4 Å². The van der Waals surface area contributed by atoms with Gasteiger partial charge in [0, 0.05) is 0 Å². The van der Waals surface area contributed by atoms with E-state index in [1.54, 1.807) is 0 Å². The summed E-state index contributed by atoms with van der Waals surface area (Å²) in [6, 6.07) is 2.68. The van der Waals surface area contributed by atoms with E-state index in [1.807, 2.05) is 0 Å². The van der Waals surface area contributed by atoms with Crippen LogP contribution in [0, 0.1) is 11.2 Å². The molecule has 0 saturated carbocycles. The normalized spacial score (nSPS) is 10.4. The Morgan fingerprint density at radius 1 is 1.58 bits per heavy atom. The molecule has 0 amide bonds. The average Bonchev–Trinajstić information content (AvgIpc) is 2.06. The molecule has 0 radical (unpaired) electrons. The third-order valence-corrected chi connectivity index (χ3v) is 1.27. The van der Waals surface area contributed by atoms with Crippen LogP contribution in [0.15, 0.2) is 30.6 Å². The average molecular weight is 165 g/mol. The first-order valence-corrected chi connectivity index (χ1v) is 3.33. The second kappa shape index (κ2) is 3.61. The lowest BCUT2D eigenvalue weighted by atomic mass is 10.2. The molecule has 12 heavy (non-hydrogen) atoms. The fourth-order valence-corrected chi connectivity index (χ4v) is 0.717. The zero-order valence-electron chi connectivity index (χ0n) is 6.29. The third kappa shape index (κ3) is 1.88. The molecular weight excluding hydrogens is 157 g/mol. The zero-order chi connectivity index (χ0) is 8.97. The Morgan fingerprint density at radius 2 is 2.33 bits per heavy atom. The maximum Gasteiger partial charge on any atom is 0.141 e. The van der Waals surface area contributed by atoms with Crippen LogP contribution in [0.1, 0.15) is 5.69 Å². The highest BCUT2D eigenvalue weighted by Gasteiger charge is 1.97. The molecule has 62 valence electrons. The highest BCUT2D eigenvalue weighted by molar-refractivity contribution is 6.04. The molecule has 0 saturated heterocycles. The van der Waals surface area contributed by atoms with Crippen molar-refractivity contribution in [2.75, 3.05) is 0 Å². The number of hydrogen-bond donors (Lipinski definition) is 2. The minimum Gasteiger partial charge on any atom is -0.405 e. The second-order valence-electron chi connectivity index (χ2n) is 2.13. The van der Waals surface area contributed by atoms with Gasteiger partial charge in [0.05, 0.1) is 17.6 Å². The summed E-state index contributed by atoms with van der Waals surface area (Å²) in [5.74, 6) is -0.414. The van der Waals surface area contributed by atoms with Gasteiger partial charge in [-0.05, 0) is 24.4 Å². The molecule has 0 bridgehead atoms. The number of nitrogens with two attached hydrogens (primary N) is 1. The smallest absolute Gasteiger partial charge is 0.141 e. The summed E-state index contributed by atoms with van der Waals surface area (Å²) in [6.07, 6.45) is 3.70. The standard InChI is InChI=1S/C8H8FN3/c9-6-1-2-8(12-5-6)7(11)3-4-10/h1-5,11H,10H2/b4-3-,11-7?. The molecular formula is C8H8FN3. The number of nitrogens with zero attached hydrogens (tertiary/aromatic N) is 1. The SMILES string of the molecule is N=C(/C=C\N)c1ccc(F)cn1. The lowest BCUT2D eigenvalue weighted by molar-refractivity contribution is 0.621.